The highest BCUT2D eigenvalue weighted by Gasteiger charge is 2.29. The number of carbonyl (C=O) groups excluding carboxylic acids is 1. The fourth-order valence-corrected chi connectivity index (χ4v) is 2.81. The van der Waals surface area contributed by atoms with Gasteiger partial charge in [-0.15, -0.1) is 0 Å². The second-order valence-electron chi connectivity index (χ2n) is 6.18. The van der Waals surface area contributed by atoms with E-state index in [1.54, 1.807) is 12.0 Å². The van der Waals surface area contributed by atoms with Crippen molar-refractivity contribution in [2.45, 2.75) is 45.3 Å². The van der Waals surface area contributed by atoms with Gasteiger partial charge in [0, 0.05) is 19.3 Å². The van der Waals surface area contributed by atoms with E-state index in [0.29, 0.717) is 12.6 Å². The summed E-state index contributed by atoms with van der Waals surface area (Å²) < 4.78 is 13.4. The Labute approximate surface area is 133 Å². The summed E-state index contributed by atoms with van der Waals surface area (Å²) in [6, 6.07) is 0.706. The Kier molecular flexibility index (Phi) is 4.81. The molecule has 1 unspecified atom stereocenters. The summed E-state index contributed by atoms with van der Waals surface area (Å²) in [6.07, 6.45) is 3.55. The smallest absolute Gasteiger partial charge is 0.410 e. The van der Waals surface area contributed by atoms with Crippen molar-refractivity contribution in [1.82, 2.24) is 14.5 Å². The van der Waals surface area contributed by atoms with Gasteiger partial charge >= 0.3 is 6.09 Å². The van der Waals surface area contributed by atoms with E-state index in [4.69, 9.17) is 9.47 Å². The predicted molar refractivity (Wildman–Crippen MR) is 82.6 cm³/mol. The standard InChI is InChI=1S/C14H22BrN3O3/c1-14(2,3)21-13(19)17-7-5-6-10(8-17)18-9-11(15)16-12(18)20-4/h9-10H,5-8H2,1-4H3. The van der Waals surface area contributed by atoms with Crippen LogP contribution in [0.3, 0.4) is 0 Å². The lowest BCUT2D eigenvalue weighted by Gasteiger charge is -2.34. The molecule has 7 heteroatoms. The van der Waals surface area contributed by atoms with Crippen LogP contribution in [0.25, 0.3) is 0 Å². The van der Waals surface area contributed by atoms with Crippen molar-refractivity contribution in [1.29, 1.82) is 0 Å². The molecule has 0 spiro atoms. The third kappa shape index (κ3) is 4.12. The van der Waals surface area contributed by atoms with Crippen LogP contribution in [0.4, 0.5) is 4.79 Å². The van der Waals surface area contributed by atoms with Crippen molar-refractivity contribution >= 4 is 22.0 Å². The monoisotopic (exact) mass is 359 g/mol. The topological polar surface area (TPSA) is 56.6 Å². The highest BCUT2D eigenvalue weighted by Crippen LogP contribution is 2.28. The number of amides is 1. The average molecular weight is 360 g/mol. The molecule has 1 aliphatic rings. The SMILES string of the molecule is COc1nc(Br)cn1C1CCCN(C(=O)OC(C)(C)C)C1. The van der Waals surface area contributed by atoms with Crippen LogP contribution in [-0.4, -0.2) is 46.3 Å². The van der Waals surface area contributed by atoms with Crippen LogP contribution < -0.4 is 4.74 Å². The number of hydrogen-bond donors (Lipinski definition) is 0. The number of methoxy groups -OCH3 is 1. The fraction of sp³-hybridized carbons (Fsp3) is 0.714. The van der Waals surface area contributed by atoms with Crippen LogP contribution in [-0.2, 0) is 4.74 Å². The van der Waals surface area contributed by atoms with Crippen molar-refractivity contribution in [3.05, 3.63) is 10.8 Å². The molecular formula is C14H22BrN3O3. The van der Waals surface area contributed by atoms with Gasteiger partial charge in [0.15, 0.2) is 0 Å². The van der Waals surface area contributed by atoms with E-state index >= 15 is 0 Å². The van der Waals surface area contributed by atoms with Crippen LogP contribution in [0.2, 0.25) is 0 Å². The number of nitrogens with zero attached hydrogens (tertiary/aromatic N) is 3. The van der Waals surface area contributed by atoms with Crippen LogP contribution in [0, 0.1) is 0 Å². The number of hydrogen-bond acceptors (Lipinski definition) is 4. The normalized spacial score (nSPS) is 19.5. The number of likely N-dealkylation sites (tertiary alicyclic amines) is 1. The lowest BCUT2D eigenvalue weighted by molar-refractivity contribution is 0.0169. The van der Waals surface area contributed by atoms with Gasteiger partial charge in [-0.25, -0.2) is 4.79 Å². The molecule has 1 aliphatic heterocycles. The van der Waals surface area contributed by atoms with Gasteiger partial charge in [-0.3, -0.25) is 4.57 Å². The Bertz CT molecular complexity index is 510. The Balaban J connectivity index is 2.08. The van der Waals surface area contributed by atoms with E-state index in [1.807, 2.05) is 31.5 Å². The van der Waals surface area contributed by atoms with Crippen LogP contribution in [0.1, 0.15) is 39.7 Å². The van der Waals surface area contributed by atoms with Gasteiger partial charge < -0.3 is 14.4 Å². The number of carbonyl (C=O) groups is 1. The van der Waals surface area contributed by atoms with Crippen LogP contribution >= 0.6 is 15.9 Å². The van der Waals surface area contributed by atoms with E-state index in [1.165, 1.54) is 0 Å². The highest BCUT2D eigenvalue weighted by molar-refractivity contribution is 9.10. The maximum Gasteiger partial charge on any atom is 0.410 e. The summed E-state index contributed by atoms with van der Waals surface area (Å²) in [5, 5.41) is 0. The third-order valence-electron chi connectivity index (χ3n) is 3.29. The largest absolute Gasteiger partial charge is 0.468 e. The second kappa shape index (κ2) is 6.25. The molecule has 118 valence electrons. The lowest BCUT2D eigenvalue weighted by atomic mass is 10.1. The zero-order valence-electron chi connectivity index (χ0n) is 12.9. The molecule has 0 bridgehead atoms. The summed E-state index contributed by atoms with van der Waals surface area (Å²) in [5.74, 6) is 0. The van der Waals surface area contributed by atoms with E-state index in [0.717, 1.165) is 24.0 Å². The summed E-state index contributed by atoms with van der Waals surface area (Å²) >= 11 is 3.36. The van der Waals surface area contributed by atoms with Gasteiger partial charge in [0.1, 0.15) is 10.2 Å². The van der Waals surface area contributed by atoms with E-state index in [9.17, 15) is 4.79 Å². The summed E-state index contributed by atoms with van der Waals surface area (Å²) in [5.41, 5.74) is -0.472. The molecule has 0 saturated carbocycles. The molecule has 0 N–H and O–H groups in total. The Hall–Kier alpha value is -1.24. The van der Waals surface area contributed by atoms with Crippen LogP contribution in [0.5, 0.6) is 6.01 Å². The van der Waals surface area contributed by atoms with E-state index in [2.05, 4.69) is 20.9 Å². The summed E-state index contributed by atoms with van der Waals surface area (Å²) in [7, 11) is 1.60. The molecule has 0 radical (unpaired) electrons. The van der Waals surface area contributed by atoms with Crippen molar-refractivity contribution in [3.8, 4) is 6.01 Å². The minimum absolute atomic E-state index is 0.153. The minimum atomic E-state index is -0.472. The zero-order chi connectivity index (χ0) is 15.6. The molecule has 2 heterocycles. The van der Waals surface area contributed by atoms with Gasteiger partial charge in [-0.05, 0) is 49.5 Å². The van der Waals surface area contributed by atoms with Gasteiger partial charge in [0.25, 0.3) is 6.01 Å². The van der Waals surface area contributed by atoms with Crippen molar-refractivity contribution in [3.63, 3.8) is 0 Å². The quantitative estimate of drug-likeness (QED) is 0.813. The number of piperidine rings is 1. The maximum absolute atomic E-state index is 12.2. The number of imidazole rings is 1. The van der Waals surface area contributed by atoms with E-state index < -0.39 is 5.60 Å². The number of halogens is 1. The number of aromatic nitrogens is 2. The fourth-order valence-electron chi connectivity index (χ4n) is 2.43. The Morgan fingerprint density at radius 2 is 2.19 bits per heavy atom. The molecule has 1 aromatic heterocycles. The number of rotatable bonds is 2. The zero-order valence-corrected chi connectivity index (χ0v) is 14.5. The third-order valence-corrected chi connectivity index (χ3v) is 3.68. The highest BCUT2D eigenvalue weighted by atomic mass is 79.9. The molecule has 2 rings (SSSR count). The molecule has 1 aromatic rings. The van der Waals surface area contributed by atoms with Gasteiger partial charge in [-0.1, -0.05) is 0 Å². The molecule has 0 aliphatic carbocycles. The second-order valence-corrected chi connectivity index (χ2v) is 6.99. The molecule has 1 saturated heterocycles. The van der Waals surface area contributed by atoms with Crippen molar-refractivity contribution < 1.29 is 14.3 Å². The molecule has 1 fully saturated rings. The number of ether oxygens (including phenoxy) is 2. The summed E-state index contributed by atoms with van der Waals surface area (Å²) in [6.45, 7) is 6.96. The Morgan fingerprint density at radius 1 is 1.48 bits per heavy atom. The Morgan fingerprint density at radius 3 is 2.81 bits per heavy atom. The van der Waals surface area contributed by atoms with Gasteiger partial charge in [0.2, 0.25) is 0 Å². The van der Waals surface area contributed by atoms with E-state index in [-0.39, 0.29) is 12.1 Å². The molecule has 6 nitrogen and oxygen atoms in total. The molecule has 21 heavy (non-hydrogen) atoms. The maximum atomic E-state index is 12.2. The van der Waals surface area contributed by atoms with Crippen molar-refractivity contribution in [2.75, 3.05) is 20.2 Å². The minimum Gasteiger partial charge on any atom is -0.468 e. The summed E-state index contributed by atoms with van der Waals surface area (Å²) in [4.78, 5) is 18.2. The molecular weight excluding hydrogens is 338 g/mol. The first-order valence-corrected chi connectivity index (χ1v) is 7.86. The van der Waals surface area contributed by atoms with Gasteiger partial charge in [0.05, 0.1) is 13.2 Å². The van der Waals surface area contributed by atoms with Crippen molar-refractivity contribution in [2.24, 2.45) is 0 Å². The predicted octanol–water partition coefficient (Wildman–Crippen LogP) is 3.23. The van der Waals surface area contributed by atoms with Gasteiger partial charge in [-0.2, -0.15) is 4.98 Å². The molecule has 0 aromatic carbocycles. The first-order chi connectivity index (χ1) is 9.80. The average Bonchev–Trinajstić information content (AvgIpc) is 2.78. The first-order valence-electron chi connectivity index (χ1n) is 7.06. The van der Waals surface area contributed by atoms with Crippen LogP contribution in [0.15, 0.2) is 10.8 Å². The lowest BCUT2D eigenvalue weighted by Crippen LogP contribution is -2.43. The first kappa shape index (κ1) is 16.1. The molecule has 1 amide bonds. The molecule has 1 atom stereocenters.